The van der Waals surface area contributed by atoms with Crippen molar-refractivity contribution in [3.05, 3.63) is 29.6 Å². The zero-order valence-electron chi connectivity index (χ0n) is 10.2. The molecule has 0 unspecified atom stereocenters. The Labute approximate surface area is 104 Å². The van der Waals surface area contributed by atoms with Gasteiger partial charge in [-0.25, -0.2) is 14.0 Å². The van der Waals surface area contributed by atoms with Crippen molar-refractivity contribution in [1.82, 2.24) is 4.90 Å². The molecule has 0 aromatic heterocycles. The lowest BCUT2D eigenvalue weighted by atomic mass is 10.1. The van der Waals surface area contributed by atoms with E-state index in [4.69, 9.17) is 5.11 Å². The van der Waals surface area contributed by atoms with Crippen molar-refractivity contribution >= 4 is 17.7 Å². The molecule has 2 amide bonds. The summed E-state index contributed by atoms with van der Waals surface area (Å²) >= 11 is 0. The number of nitrogens with zero attached hydrogens (tertiary/aromatic N) is 1. The van der Waals surface area contributed by atoms with Crippen LogP contribution in [0.15, 0.2) is 18.2 Å². The van der Waals surface area contributed by atoms with E-state index in [0.717, 1.165) is 18.6 Å². The van der Waals surface area contributed by atoms with Crippen molar-refractivity contribution in [2.45, 2.75) is 13.3 Å². The number of benzene rings is 1. The first kappa shape index (κ1) is 14.0. The van der Waals surface area contributed by atoms with Crippen LogP contribution in [0, 0.1) is 5.82 Å². The highest BCUT2D eigenvalue weighted by molar-refractivity contribution is 5.99. The van der Waals surface area contributed by atoms with Gasteiger partial charge in [0.1, 0.15) is 5.82 Å². The van der Waals surface area contributed by atoms with Gasteiger partial charge in [0.2, 0.25) is 0 Å². The molecule has 0 aliphatic heterocycles. The predicted octanol–water partition coefficient (Wildman–Crippen LogP) is 2.40. The lowest BCUT2D eigenvalue weighted by Gasteiger charge is -2.17. The van der Waals surface area contributed by atoms with Crippen LogP contribution in [0.4, 0.5) is 14.9 Å². The molecule has 0 heterocycles. The second-order valence-electron chi connectivity index (χ2n) is 3.85. The first-order valence-electron chi connectivity index (χ1n) is 5.50. The molecule has 0 saturated carbocycles. The molecule has 6 heteroatoms. The van der Waals surface area contributed by atoms with Crippen molar-refractivity contribution in [2.24, 2.45) is 0 Å². The Morgan fingerprint density at radius 3 is 2.67 bits per heavy atom. The Morgan fingerprint density at radius 2 is 2.11 bits per heavy atom. The van der Waals surface area contributed by atoms with Crippen LogP contribution >= 0.6 is 0 Å². The van der Waals surface area contributed by atoms with Gasteiger partial charge >= 0.3 is 12.0 Å². The number of rotatable bonds is 4. The van der Waals surface area contributed by atoms with E-state index in [1.807, 2.05) is 6.92 Å². The third-order valence-corrected chi connectivity index (χ3v) is 2.36. The SMILES string of the molecule is CCCN(C)C(=O)Nc1ccc(F)cc1C(=O)O. The van der Waals surface area contributed by atoms with Gasteiger partial charge in [0, 0.05) is 13.6 Å². The van der Waals surface area contributed by atoms with Crippen LogP contribution in [0.2, 0.25) is 0 Å². The zero-order valence-corrected chi connectivity index (χ0v) is 10.2. The van der Waals surface area contributed by atoms with Crippen molar-refractivity contribution < 1.29 is 19.1 Å². The topological polar surface area (TPSA) is 69.6 Å². The molecule has 0 saturated heterocycles. The Hall–Kier alpha value is -2.11. The van der Waals surface area contributed by atoms with Gasteiger partial charge in [-0.2, -0.15) is 0 Å². The molecule has 0 radical (unpaired) electrons. The molecular weight excluding hydrogens is 239 g/mol. The number of carbonyl (C=O) groups is 2. The fourth-order valence-electron chi connectivity index (χ4n) is 1.45. The molecule has 98 valence electrons. The number of amides is 2. The number of carbonyl (C=O) groups excluding carboxylic acids is 1. The summed E-state index contributed by atoms with van der Waals surface area (Å²) in [5, 5.41) is 11.4. The van der Waals surface area contributed by atoms with E-state index in [1.54, 1.807) is 7.05 Å². The first-order chi connectivity index (χ1) is 8.45. The molecule has 18 heavy (non-hydrogen) atoms. The minimum absolute atomic E-state index is 0.0804. The fraction of sp³-hybridized carbons (Fsp3) is 0.333. The molecule has 5 nitrogen and oxygen atoms in total. The monoisotopic (exact) mass is 254 g/mol. The molecule has 0 fully saturated rings. The van der Waals surface area contributed by atoms with Crippen LogP contribution in [-0.4, -0.2) is 35.6 Å². The lowest BCUT2D eigenvalue weighted by molar-refractivity contribution is 0.0697. The molecule has 0 spiro atoms. The van der Waals surface area contributed by atoms with Gasteiger partial charge in [0.15, 0.2) is 0 Å². The van der Waals surface area contributed by atoms with E-state index in [0.29, 0.717) is 6.54 Å². The molecule has 1 rings (SSSR count). The van der Waals surface area contributed by atoms with Gasteiger partial charge in [0.25, 0.3) is 0 Å². The third kappa shape index (κ3) is 3.44. The van der Waals surface area contributed by atoms with Gasteiger partial charge < -0.3 is 15.3 Å². The number of nitrogens with one attached hydrogen (secondary N) is 1. The maximum absolute atomic E-state index is 12.9. The average Bonchev–Trinajstić information content (AvgIpc) is 2.31. The molecule has 0 bridgehead atoms. The smallest absolute Gasteiger partial charge is 0.337 e. The minimum Gasteiger partial charge on any atom is -0.478 e. The molecule has 0 aliphatic rings. The number of anilines is 1. The molecule has 0 aliphatic carbocycles. The molecule has 2 N–H and O–H groups in total. The van der Waals surface area contributed by atoms with E-state index in [-0.39, 0.29) is 11.3 Å². The van der Waals surface area contributed by atoms with Crippen LogP contribution in [0.25, 0.3) is 0 Å². The van der Waals surface area contributed by atoms with E-state index in [1.165, 1.54) is 11.0 Å². The Balaban J connectivity index is 2.90. The Morgan fingerprint density at radius 1 is 1.44 bits per heavy atom. The van der Waals surface area contributed by atoms with Crippen molar-refractivity contribution in [2.75, 3.05) is 18.9 Å². The van der Waals surface area contributed by atoms with Crippen molar-refractivity contribution in [1.29, 1.82) is 0 Å². The van der Waals surface area contributed by atoms with E-state index in [2.05, 4.69) is 5.32 Å². The van der Waals surface area contributed by atoms with Crippen molar-refractivity contribution in [3.8, 4) is 0 Å². The molecule has 1 aromatic rings. The summed E-state index contributed by atoms with van der Waals surface area (Å²) in [4.78, 5) is 24.0. The van der Waals surface area contributed by atoms with E-state index in [9.17, 15) is 14.0 Å². The van der Waals surface area contributed by atoms with Crippen LogP contribution in [0.3, 0.4) is 0 Å². The van der Waals surface area contributed by atoms with Gasteiger partial charge in [-0.05, 0) is 24.6 Å². The van der Waals surface area contributed by atoms with Crippen LogP contribution in [0.1, 0.15) is 23.7 Å². The summed E-state index contributed by atoms with van der Waals surface area (Å²) in [6.45, 7) is 2.47. The maximum Gasteiger partial charge on any atom is 0.337 e. The molecule has 1 aromatic carbocycles. The average molecular weight is 254 g/mol. The third-order valence-electron chi connectivity index (χ3n) is 2.36. The summed E-state index contributed by atoms with van der Waals surface area (Å²) in [6, 6.07) is 2.78. The van der Waals surface area contributed by atoms with E-state index >= 15 is 0 Å². The van der Waals surface area contributed by atoms with Gasteiger partial charge in [-0.15, -0.1) is 0 Å². The second kappa shape index (κ2) is 6.00. The number of aromatic carboxylic acids is 1. The summed E-state index contributed by atoms with van der Waals surface area (Å²) in [5.74, 6) is -1.95. The highest BCUT2D eigenvalue weighted by Crippen LogP contribution is 2.17. The van der Waals surface area contributed by atoms with Gasteiger partial charge in [-0.1, -0.05) is 6.92 Å². The van der Waals surface area contributed by atoms with Crippen LogP contribution < -0.4 is 5.32 Å². The summed E-state index contributed by atoms with van der Waals surface area (Å²) in [7, 11) is 1.60. The quantitative estimate of drug-likeness (QED) is 0.866. The van der Waals surface area contributed by atoms with Crippen LogP contribution in [0.5, 0.6) is 0 Å². The Kier molecular flexibility index (Phi) is 4.65. The summed E-state index contributed by atoms with van der Waals surface area (Å²) < 4.78 is 12.9. The van der Waals surface area contributed by atoms with E-state index < -0.39 is 17.8 Å². The first-order valence-corrected chi connectivity index (χ1v) is 5.50. The minimum atomic E-state index is -1.29. The second-order valence-corrected chi connectivity index (χ2v) is 3.85. The number of hydrogen-bond donors (Lipinski definition) is 2. The highest BCUT2D eigenvalue weighted by Gasteiger charge is 2.15. The van der Waals surface area contributed by atoms with Crippen molar-refractivity contribution in [3.63, 3.8) is 0 Å². The molecule has 0 atom stereocenters. The lowest BCUT2D eigenvalue weighted by Crippen LogP contribution is -2.32. The summed E-state index contributed by atoms with van der Waals surface area (Å²) in [5.41, 5.74) is -0.190. The highest BCUT2D eigenvalue weighted by atomic mass is 19.1. The number of carboxylic acids is 1. The fourth-order valence-corrected chi connectivity index (χ4v) is 1.45. The predicted molar refractivity (Wildman–Crippen MR) is 65.3 cm³/mol. The zero-order chi connectivity index (χ0) is 13.7. The number of carboxylic acid groups (broad SMARTS) is 1. The molecular formula is C12H15FN2O3. The Bertz CT molecular complexity index is 463. The van der Waals surface area contributed by atoms with Gasteiger partial charge in [-0.3, -0.25) is 0 Å². The maximum atomic E-state index is 12.9. The van der Waals surface area contributed by atoms with Crippen LogP contribution in [-0.2, 0) is 0 Å². The number of hydrogen-bond acceptors (Lipinski definition) is 2. The standard InChI is InChI=1S/C12H15FN2O3/c1-3-6-15(2)12(18)14-10-5-4-8(13)7-9(10)11(16)17/h4-5,7H,3,6H2,1-2H3,(H,14,18)(H,16,17). The van der Waals surface area contributed by atoms with Gasteiger partial charge in [0.05, 0.1) is 11.3 Å². The number of urea groups is 1. The number of halogens is 1. The summed E-state index contributed by atoms with van der Waals surface area (Å²) in [6.07, 6.45) is 0.791. The largest absolute Gasteiger partial charge is 0.478 e. The normalized spacial score (nSPS) is 9.94.